The van der Waals surface area contributed by atoms with Crippen LogP contribution >= 0.6 is 0 Å². The van der Waals surface area contributed by atoms with Gasteiger partial charge in [-0.1, -0.05) is 34.6 Å². The number of alkyl halides is 3. The van der Waals surface area contributed by atoms with E-state index in [2.05, 4.69) is 16.0 Å². The van der Waals surface area contributed by atoms with Gasteiger partial charge in [-0.2, -0.15) is 18.4 Å². The van der Waals surface area contributed by atoms with Gasteiger partial charge in [-0.05, 0) is 55.3 Å². The number of nitriles is 1. The Labute approximate surface area is 214 Å². The van der Waals surface area contributed by atoms with Gasteiger partial charge in [0.2, 0.25) is 17.7 Å². The summed E-state index contributed by atoms with van der Waals surface area (Å²) in [4.78, 5) is 50.2. The van der Waals surface area contributed by atoms with Crippen LogP contribution in [0.4, 0.5) is 13.2 Å². The SMILES string of the molecule is CC(C)(C)C(NC(=O)C(F)(F)F)C(=O)NC(CC1CC1(C)C)C(=O)NC(C#N)CC1CC2(CC2)NC1=O. The van der Waals surface area contributed by atoms with E-state index in [9.17, 15) is 37.6 Å². The highest BCUT2D eigenvalue weighted by molar-refractivity contribution is 5.93. The second-order valence-corrected chi connectivity index (χ2v) is 12.6. The molecule has 3 fully saturated rings. The fourth-order valence-corrected chi connectivity index (χ4v) is 4.99. The van der Waals surface area contributed by atoms with Crippen LogP contribution in [0.15, 0.2) is 0 Å². The number of hydrogen-bond donors (Lipinski definition) is 4. The van der Waals surface area contributed by atoms with Gasteiger partial charge in [-0.15, -0.1) is 0 Å². The zero-order valence-electron chi connectivity index (χ0n) is 21.8. The lowest BCUT2D eigenvalue weighted by Gasteiger charge is -2.32. The summed E-state index contributed by atoms with van der Waals surface area (Å²) in [6, 6.07) is -1.67. The van der Waals surface area contributed by atoms with Crippen LogP contribution in [0.2, 0.25) is 0 Å². The van der Waals surface area contributed by atoms with Crippen molar-refractivity contribution < 1.29 is 32.3 Å². The van der Waals surface area contributed by atoms with Gasteiger partial charge in [0.25, 0.3) is 0 Å². The molecular weight excluding hydrogens is 491 g/mol. The van der Waals surface area contributed by atoms with Crippen molar-refractivity contribution in [3.05, 3.63) is 0 Å². The zero-order chi connectivity index (χ0) is 28.0. The molecule has 3 aliphatic rings. The fourth-order valence-electron chi connectivity index (χ4n) is 4.99. The third-order valence-corrected chi connectivity index (χ3v) is 7.77. The summed E-state index contributed by atoms with van der Waals surface area (Å²) in [5.74, 6) is -4.31. The smallest absolute Gasteiger partial charge is 0.350 e. The van der Waals surface area contributed by atoms with Crippen LogP contribution in [0.3, 0.4) is 0 Å². The van der Waals surface area contributed by atoms with Crippen LogP contribution < -0.4 is 21.3 Å². The summed E-state index contributed by atoms with van der Waals surface area (Å²) in [7, 11) is 0. The predicted molar refractivity (Wildman–Crippen MR) is 126 cm³/mol. The van der Waals surface area contributed by atoms with Gasteiger partial charge in [-0.3, -0.25) is 19.2 Å². The van der Waals surface area contributed by atoms with Gasteiger partial charge in [0, 0.05) is 11.5 Å². The van der Waals surface area contributed by atoms with Crippen LogP contribution in [0.1, 0.15) is 73.1 Å². The van der Waals surface area contributed by atoms with Crippen molar-refractivity contribution in [2.45, 2.75) is 103 Å². The summed E-state index contributed by atoms with van der Waals surface area (Å²) in [5, 5.41) is 19.5. The second kappa shape index (κ2) is 9.80. The number of amides is 4. The monoisotopic (exact) mass is 527 g/mol. The molecule has 12 heteroatoms. The molecule has 1 saturated heterocycles. The normalized spacial score (nSPS) is 25.8. The Morgan fingerprint density at radius 1 is 1.05 bits per heavy atom. The highest BCUT2D eigenvalue weighted by Gasteiger charge is 2.53. The maximum atomic E-state index is 13.2. The van der Waals surface area contributed by atoms with E-state index in [1.54, 1.807) is 5.32 Å². The van der Waals surface area contributed by atoms with Crippen molar-refractivity contribution in [3.63, 3.8) is 0 Å². The lowest BCUT2D eigenvalue weighted by atomic mass is 9.85. The first-order valence-corrected chi connectivity index (χ1v) is 12.6. The summed E-state index contributed by atoms with van der Waals surface area (Å²) in [6.07, 6.45) is -1.65. The first-order valence-electron chi connectivity index (χ1n) is 12.6. The summed E-state index contributed by atoms with van der Waals surface area (Å²) in [6.45, 7) is 8.49. The number of nitrogens with one attached hydrogen (secondary N) is 4. The van der Waals surface area contributed by atoms with Gasteiger partial charge in [0.05, 0.1) is 6.07 Å². The lowest BCUT2D eigenvalue weighted by molar-refractivity contribution is -0.175. The van der Waals surface area contributed by atoms with E-state index in [0.29, 0.717) is 6.42 Å². The quantitative estimate of drug-likeness (QED) is 0.363. The molecule has 206 valence electrons. The second-order valence-electron chi connectivity index (χ2n) is 12.6. The summed E-state index contributed by atoms with van der Waals surface area (Å²) in [5.41, 5.74) is -1.33. The van der Waals surface area contributed by atoms with E-state index in [-0.39, 0.29) is 35.6 Å². The molecule has 1 spiro atoms. The van der Waals surface area contributed by atoms with E-state index < -0.39 is 53.4 Å². The molecule has 0 aromatic heterocycles. The Morgan fingerprint density at radius 2 is 1.65 bits per heavy atom. The highest BCUT2D eigenvalue weighted by Crippen LogP contribution is 2.54. The molecule has 0 aromatic carbocycles. The Bertz CT molecular complexity index is 994. The zero-order valence-corrected chi connectivity index (χ0v) is 21.8. The molecule has 4 amide bonds. The number of halogens is 3. The van der Waals surface area contributed by atoms with Crippen LogP contribution in [0.5, 0.6) is 0 Å². The van der Waals surface area contributed by atoms with Crippen molar-refractivity contribution >= 4 is 23.6 Å². The van der Waals surface area contributed by atoms with E-state index >= 15 is 0 Å². The summed E-state index contributed by atoms with van der Waals surface area (Å²) >= 11 is 0. The van der Waals surface area contributed by atoms with Crippen molar-refractivity contribution in [3.8, 4) is 6.07 Å². The molecule has 5 atom stereocenters. The van der Waals surface area contributed by atoms with Crippen LogP contribution in [-0.2, 0) is 19.2 Å². The largest absolute Gasteiger partial charge is 0.471 e. The molecule has 0 bridgehead atoms. The maximum Gasteiger partial charge on any atom is 0.471 e. The first kappa shape index (κ1) is 28.7. The molecular formula is C25H36F3N5O4. The molecule has 3 rings (SSSR count). The van der Waals surface area contributed by atoms with Gasteiger partial charge < -0.3 is 21.3 Å². The molecule has 0 radical (unpaired) electrons. The van der Waals surface area contributed by atoms with E-state index in [1.165, 1.54) is 20.8 Å². The van der Waals surface area contributed by atoms with Crippen molar-refractivity contribution in [1.29, 1.82) is 5.26 Å². The standard InChI is InChI=1S/C25H36F3N5O4/c1-22(2,3)17(32-21(37)25(26,27)28)20(36)31-16(9-14-11-23(14,4)5)19(35)30-15(12-29)8-13-10-24(6-7-24)33-18(13)34/h13-17H,6-11H2,1-5H3,(H,30,35)(H,31,36)(H,32,37)(H,33,34). The van der Waals surface area contributed by atoms with Gasteiger partial charge in [-0.25, -0.2) is 0 Å². The molecule has 1 aliphatic heterocycles. The van der Waals surface area contributed by atoms with Gasteiger partial charge in [0.15, 0.2) is 0 Å². The van der Waals surface area contributed by atoms with Crippen LogP contribution in [-0.4, -0.2) is 53.5 Å². The Hall–Kier alpha value is -2.84. The highest BCUT2D eigenvalue weighted by atomic mass is 19.4. The van der Waals surface area contributed by atoms with Crippen LogP contribution in [0.25, 0.3) is 0 Å². The lowest BCUT2D eigenvalue weighted by Crippen LogP contribution is -2.60. The number of nitrogens with zero attached hydrogens (tertiary/aromatic N) is 1. The minimum absolute atomic E-state index is 0.0632. The third kappa shape index (κ3) is 7.14. The predicted octanol–water partition coefficient (Wildman–Crippen LogP) is 2.07. The molecule has 2 aliphatic carbocycles. The minimum Gasteiger partial charge on any atom is -0.350 e. The molecule has 2 saturated carbocycles. The topological polar surface area (TPSA) is 140 Å². The Kier molecular flexibility index (Phi) is 7.61. The molecule has 9 nitrogen and oxygen atoms in total. The van der Waals surface area contributed by atoms with Crippen molar-refractivity contribution in [1.82, 2.24) is 21.3 Å². The third-order valence-electron chi connectivity index (χ3n) is 7.77. The molecule has 4 N–H and O–H groups in total. The minimum atomic E-state index is -5.18. The van der Waals surface area contributed by atoms with Crippen molar-refractivity contribution in [2.24, 2.45) is 22.7 Å². The van der Waals surface area contributed by atoms with Crippen molar-refractivity contribution in [2.75, 3.05) is 0 Å². The number of carbonyl (C=O) groups is 4. The van der Waals surface area contributed by atoms with E-state index in [1.807, 2.05) is 19.9 Å². The van der Waals surface area contributed by atoms with E-state index in [4.69, 9.17) is 0 Å². The number of hydrogen-bond acceptors (Lipinski definition) is 5. The molecule has 0 aromatic rings. The average Bonchev–Trinajstić information content (AvgIpc) is 3.61. The van der Waals surface area contributed by atoms with Gasteiger partial charge >= 0.3 is 12.1 Å². The fraction of sp³-hybridized carbons (Fsp3) is 0.800. The summed E-state index contributed by atoms with van der Waals surface area (Å²) < 4.78 is 38.6. The maximum absolute atomic E-state index is 13.2. The average molecular weight is 528 g/mol. The van der Waals surface area contributed by atoms with E-state index in [0.717, 1.165) is 19.3 Å². The molecule has 37 heavy (non-hydrogen) atoms. The Balaban J connectivity index is 1.71. The number of carbonyl (C=O) groups excluding carboxylic acids is 4. The molecule has 5 unspecified atom stereocenters. The van der Waals surface area contributed by atoms with Crippen LogP contribution in [0, 0.1) is 34.0 Å². The first-order chi connectivity index (χ1) is 16.9. The number of rotatable bonds is 9. The Morgan fingerprint density at radius 3 is 2.08 bits per heavy atom. The molecule has 1 heterocycles. The van der Waals surface area contributed by atoms with Gasteiger partial charge in [0.1, 0.15) is 18.1 Å².